The smallest absolute Gasteiger partial charge is 0.339 e. The Morgan fingerprint density at radius 1 is 0.941 bits per heavy atom. The summed E-state index contributed by atoms with van der Waals surface area (Å²) < 4.78 is 69.3. The fraction of sp³-hybridized carbons (Fsp3) is 0.200. The minimum Gasteiger partial charge on any atom is -0.339 e. The van der Waals surface area contributed by atoms with Crippen molar-refractivity contribution in [3.8, 4) is 6.07 Å². The largest absolute Gasteiger partial charge is 0.417 e. The van der Waals surface area contributed by atoms with Crippen molar-refractivity contribution in [2.75, 3.05) is 5.32 Å². The summed E-state index contributed by atoms with van der Waals surface area (Å²) in [6, 6.07) is 12.6. The molecule has 1 aromatic heterocycles. The van der Waals surface area contributed by atoms with E-state index in [4.69, 9.17) is 5.26 Å². The van der Waals surface area contributed by atoms with Gasteiger partial charge in [0.2, 0.25) is 5.91 Å². The molecule has 0 saturated heterocycles. The monoisotopic (exact) mass is 471 g/mol. The van der Waals surface area contributed by atoms with Crippen molar-refractivity contribution in [2.45, 2.75) is 26.6 Å². The maximum Gasteiger partial charge on any atom is 0.417 e. The number of hydrogen-bond acceptors (Lipinski definition) is 2. The standard InChI is InChI=1S/C25H18F5N3O/c1-24(2,23(34)32-17-6-3-14(12-31)20(11-17)25(28,29)30)13-33-21-7-4-15(26)9-18(21)19-10-16(27)5-8-22(19)33/h3-11H,13H2,1-2H3,(H,32,34). The van der Waals surface area contributed by atoms with Crippen LogP contribution < -0.4 is 5.32 Å². The number of nitrogens with zero attached hydrogens (tertiary/aromatic N) is 2. The highest BCUT2D eigenvalue weighted by atomic mass is 19.4. The summed E-state index contributed by atoms with van der Waals surface area (Å²) in [5.41, 5.74) is -1.75. The highest BCUT2D eigenvalue weighted by Gasteiger charge is 2.35. The van der Waals surface area contributed by atoms with Gasteiger partial charge in [-0.05, 0) is 68.4 Å². The minimum absolute atomic E-state index is 0.0819. The molecule has 0 aliphatic rings. The Bertz CT molecular complexity index is 1420. The van der Waals surface area contributed by atoms with Crippen LogP contribution >= 0.6 is 0 Å². The number of carbonyl (C=O) groups is 1. The quantitative estimate of drug-likeness (QED) is 0.340. The Labute approximate surface area is 191 Å². The minimum atomic E-state index is -4.76. The molecule has 0 aliphatic carbocycles. The van der Waals surface area contributed by atoms with E-state index >= 15 is 0 Å². The molecule has 4 aromatic rings. The third-order valence-corrected chi connectivity index (χ3v) is 5.66. The van der Waals surface area contributed by atoms with Crippen LogP contribution in [0.25, 0.3) is 21.8 Å². The van der Waals surface area contributed by atoms with Crippen LogP contribution in [-0.2, 0) is 17.5 Å². The Balaban J connectivity index is 1.70. The lowest BCUT2D eigenvalue weighted by atomic mass is 9.91. The topological polar surface area (TPSA) is 57.8 Å². The molecule has 9 heteroatoms. The number of fused-ring (bicyclic) bond motifs is 3. The van der Waals surface area contributed by atoms with Gasteiger partial charge in [0.05, 0.1) is 22.6 Å². The lowest BCUT2D eigenvalue weighted by Crippen LogP contribution is -2.34. The maximum absolute atomic E-state index is 13.9. The van der Waals surface area contributed by atoms with Crippen LogP contribution in [-0.4, -0.2) is 10.5 Å². The Morgan fingerprint density at radius 3 is 2.00 bits per heavy atom. The van der Waals surface area contributed by atoms with E-state index < -0.39 is 40.3 Å². The van der Waals surface area contributed by atoms with Gasteiger partial charge in [-0.3, -0.25) is 4.79 Å². The molecule has 1 N–H and O–H groups in total. The lowest BCUT2D eigenvalue weighted by Gasteiger charge is -2.25. The maximum atomic E-state index is 13.9. The molecule has 1 heterocycles. The first kappa shape index (κ1) is 23.2. The highest BCUT2D eigenvalue weighted by molar-refractivity contribution is 6.08. The van der Waals surface area contributed by atoms with E-state index in [1.165, 1.54) is 48.5 Å². The Kier molecular flexibility index (Phi) is 5.56. The summed E-state index contributed by atoms with van der Waals surface area (Å²) >= 11 is 0. The molecule has 34 heavy (non-hydrogen) atoms. The van der Waals surface area contributed by atoms with E-state index in [1.807, 2.05) is 0 Å². The van der Waals surface area contributed by atoms with Crippen LogP contribution in [0.4, 0.5) is 27.6 Å². The van der Waals surface area contributed by atoms with Crippen LogP contribution in [0.2, 0.25) is 0 Å². The second kappa shape index (κ2) is 8.13. The average molecular weight is 471 g/mol. The van der Waals surface area contributed by atoms with Gasteiger partial charge in [0, 0.05) is 34.0 Å². The normalized spacial score (nSPS) is 12.2. The van der Waals surface area contributed by atoms with Crippen molar-refractivity contribution in [3.63, 3.8) is 0 Å². The number of aromatic nitrogens is 1. The van der Waals surface area contributed by atoms with Crippen LogP contribution in [0, 0.1) is 28.4 Å². The number of hydrogen-bond donors (Lipinski definition) is 1. The molecule has 0 saturated carbocycles. The predicted octanol–water partition coefficient (Wildman–Crippen LogP) is 6.63. The number of nitrogens with one attached hydrogen (secondary N) is 1. The summed E-state index contributed by atoms with van der Waals surface area (Å²) in [7, 11) is 0. The first-order valence-corrected chi connectivity index (χ1v) is 10.2. The molecule has 4 rings (SSSR count). The number of benzene rings is 3. The van der Waals surface area contributed by atoms with Gasteiger partial charge in [0.1, 0.15) is 11.6 Å². The average Bonchev–Trinajstić information content (AvgIpc) is 3.04. The first-order valence-electron chi connectivity index (χ1n) is 10.2. The van der Waals surface area contributed by atoms with Gasteiger partial charge >= 0.3 is 6.18 Å². The molecular weight excluding hydrogens is 453 g/mol. The predicted molar refractivity (Wildman–Crippen MR) is 118 cm³/mol. The van der Waals surface area contributed by atoms with Gasteiger partial charge in [0.25, 0.3) is 0 Å². The molecule has 174 valence electrons. The number of halogens is 5. The van der Waals surface area contributed by atoms with Crippen molar-refractivity contribution in [2.24, 2.45) is 5.41 Å². The van der Waals surface area contributed by atoms with Crippen molar-refractivity contribution < 1.29 is 26.7 Å². The molecule has 0 atom stereocenters. The lowest BCUT2D eigenvalue weighted by molar-refractivity contribution is -0.137. The summed E-state index contributed by atoms with van der Waals surface area (Å²) in [4.78, 5) is 13.1. The van der Waals surface area contributed by atoms with Crippen molar-refractivity contribution in [1.82, 2.24) is 4.57 Å². The second-order valence-corrected chi connectivity index (χ2v) is 8.62. The van der Waals surface area contributed by atoms with Crippen molar-refractivity contribution >= 4 is 33.4 Å². The molecule has 0 bridgehead atoms. The van der Waals surface area contributed by atoms with Gasteiger partial charge in [-0.1, -0.05) is 0 Å². The number of rotatable bonds is 4. The van der Waals surface area contributed by atoms with Crippen LogP contribution in [0.5, 0.6) is 0 Å². The third-order valence-electron chi connectivity index (χ3n) is 5.66. The number of alkyl halides is 3. The van der Waals surface area contributed by atoms with Crippen LogP contribution in [0.3, 0.4) is 0 Å². The second-order valence-electron chi connectivity index (χ2n) is 8.62. The van der Waals surface area contributed by atoms with Gasteiger partial charge in [-0.25, -0.2) is 8.78 Å². The Hall–Kier alpha value is -3.93. The SMILES string of the molecule is CC(C)(Cn1c2ccc(F)cc2c2cc(F)ccc21)C(=O)Nc1ccc(C#N)c(C(F)(F)F)c1. The zero-order valence-electron chi connectivity index (χ0n) is 18.1. The molecule has 4 nitrogen and oxygen atoms in total. The highest BCUT2D eigenvalue weighted by Crippen LogP contribution is 2.35. The third kappa shape index (κ3) is 4.19. The molecule has 1 amide bonds. The van der Waals surface area contributed by atoms with Crippen molar-refractivity contribution in [3.05, 3.63) is 77.4 Å². The molecular formula is C25H18F5N3O. The molecule has 0 fully saturated rings. The van der Waals surface area contributed by atoms with Gasteiger partial charge in [-0.2, -0.15) is 18.4 Å². The zero-order chi connectivity index (χ0) is 24.8. The Morgan fingerprint density at radius 2 is 1.50 bits per heavy atom. The summed E-state index contributed by atoms with van der Waals surface area (Å²) in [6.07, 6.45) is -4.76. The van der Waals surface area contributed by atoms with Gasteiger partial charge < -0.3 is 9.88 Å². The molecule has 0 spiro atoms. The van der Waals surface area contributed by atoms with Gasteiger partial charge in [0.15, 0.2) is 0 Å². The van der Waals surface area contributed by atoms with E-state index in [1.54, 1.807) is 18.4 Å². The van der Waals surface area contributed by atoms with Gasteiger partial charge in [-0.15, -0.1) is 0 Å². The fourth-order valence-corrected chi connectivity index (χ4v) is 3.94. The first-order chi connectivity index (χ1) is 15.9. The molecule has 0 unspecified atom stereocenters. The fourth-order valence-electron chi connectivity index (χ4n) is 3.94. The molecule has 3 aromatic carbocycles. The number of carbonyl (C=O) groups excluding carboxylic acids is 1. The van der Waals surface area contributed by atoms with Crippen molar-refractivity contribution in [1.29, 1.82) is 5.26 Å². The van der Waals surface area contributed by atoms with Crippen LogP contribution in [0.1, 0.15) is 25.0 Å². The number of amides is 1. The van der Waals surface area contributed by atoms with E-state index in [2.05, 4.69) is 5.32 Å². The molecule has 0 aliphatic heterocycles. The number of anilines is 1. The summed E-state index contributed by atoms with van der Waals surface area (Å²) in [6.45, 7) is 3.31. The van der Waals surface area contributed by atoms with E-state index in [0.717, 1.165) is 12.1 Å². The zero-order valence-corrected chi connectivity index (χ0v) is 18.1. The van der Waals surface area contributed by atoms with Crippen LogP contribution in [0.15, 0.2) is 54.6 Å². The summed E-state index contributed by atoms with van der Waals surface area (Å²) in [5.74, 6) is -1.55. The van der Waals surface area contributed by atoms with E-state index in [9.17, 15) is 26.7 Å². The van der Waals surface area contributed by atoms with E-state index in [0.29, 0.717) is 21.8 Å². The molecule has 0 radical (unpaired) electrons. The van der Waals surface area contributed by atoms with E-state index in [-0.39, 0.29) is 12.2 Å². The number of nitriles is 1. The summed E-state index contributed by atoms with van der Waals surface area (Å²) in [5, 5.41) is 12.4.